The molecule has 0 amide bonds. The van der Waals surface area contributed by atoms with E-state index in [1.165, 1.54) is 23.0 Å². The van der Waals surface area contributed by atoms with Crippen molar-refractivity contribution in [2.45, 2.75) is 0 Å². The Hall–Kier alpha value is -1.63. The Kier molecular flexibility index (Phi) is 2.70. The summed E-state index contributed by atoms with van der Waals surface area (Å²) in [4.78, 5) is 27.3. The first kappa shape index (κ1) is 10.5. The van der Waals surface area contributed by atoms with Gasteiger partial charge in [-0.25, -0.2) is 4.79 Å². The van der Waals surface area contributed by atoms with Crippen LogP contribution in [-0.4, -0.2) is 25.4 Å². The second kappa shape index (κ2) is 3.62. The molecule has 0 fully saturated rings. The summed E-state index contributed by atoms with van der Waals surface area (Å²) in [5.74, 6) is -1.07. The summed E-state index contributed by atoms with van der Waals surface area (Å²) in [5, 5.41) is 8.61. The topological polar surface area (TPSA) is 87.5 Å². The molecule has 0 saturated carbocycles. The van der Waals surface area contributed by atoms with Crippen molar-refractivity contribution in [1.82, 2.24) is 14.4 Å². The third-order valence-electron chi connectivity index (χ3n) is 1.61. The van der Waals surface area contributed by atoms with Gasteiger partial charge in [-0.2, -0.15) is 4.98 Å². The molecule has 0 saturated heterocycles. The molecule has 74 valence electrons. The quantitative estimate of drug-likeness (QED) is 0.771. The number of carboxylic acids is 1. The van der Waals surface area contributed by atoms with Gasteiger partial charge in [0, 0.05) is 12.3 Å². The summed E-state index contributed by atoms with van der Waals surface area (Å²) < 4.78 is 1.44. The van der Waals surface area contributed by atoms with E-state index in [9.17, 15) is 9.59 Å². The molecule has 0 spiro atoms. The van der Waals surface area contributed by atoms with Crippen molar-refractivity contribution in [2.75, 3.05) is 0 Å². The Morgan fingerprint density at radius 2 is 2.29 bits per heavy atom. The van der Waals surface area contributed by atoms with Crippen molar-refractivity contribution < 1.29 is 9.90 Å². The summed E-state index contributed by atoms with van der Waals surface area (Å²) in [5.41, 5.74) is 0.0311. The monoisotopic (exact) mass is 259 g/mol. The zero-order valence-corrected chi connectivity index (χ0v) is 8.51. The van der Waals surface area contributed by atoms with Gasteiger partial charge in [-0.1, -0.05) is 0 Å². The molecule has 2 heterocycles. The lowest BCUT2D eigenvalue weighted by Gasteiger charge is -1.86. The number of nitrogens with one attached hydrogen (secondary N) is 1. The molecule has 2 aromatic rings. The smallest absolute Gasteiger partial charge is 0.353 e. The molecule has 2 aromatic heterocycles. The standard InChI is InChI=1S/C7H5N3O3.BrH/c11-6-1-5-9-4(7(12)13)2-10(5)3-8-6;/h1-3,9H,(H,12,13);1H. The molecule has 6 nitrogen and oxygen atoms in total. The van der Waals surface area contributed by atoms with Gasteiger partial charge in [0.05, 0.1) is 0 Å². The normalized spacial score (nSPS) is 9.71. The average molecular weight is 260 g/mol. The zero-order chi connectivity index (χ0) is 9.42. The van der Waals surface area contributed by atoms with Gasteiger partial charge in [-0.3, -0.25) is 9.20 Å². The fourth-order valence-corrected chi connectivity index (χ4v) is 1.03. The van der Waals surface area contributed by atoms with Crippen LogP contribution < -0.4 is 5.56 Å². The maximum atomic E-state index is 10.8. The average Bonchev–Trinajstić information content (AvgIpc) is 2.46. The molecule has 0 aliphatic carbocycles. The van der Waals surface area contributed by atoms with Gasteiger partial charge in [0.1, 0.15) is 17.7 Å². The summed E-state index contributed by atoms with van der Waals surface area (Å²) in [6, 6.07) is 1.23. The minimum absolute atomic E-state index is 0. The number of aromatic amines is 1. The van der Waals surface area contributed by atoms with Crippen LogP contribution in [0.3, 0.4) is 0 Å². The largest absolute Gasteiger partial charge is 0.477 e. The van der Waals surface area contributed by atoms with Crippen LogP contribution in [0.25, 0.3) is 5.65 Å². The van der Waals surface area contributed by atoms with Crippen molar-refractivity contribution in [3.63, 3.8) is 0 Å². The first-order valence-electron chi connectivity index (χ1n) is 3.47. The highest BCUT2D eigenvalue weighted by molar-refractivity contribution is 8.93. The number of hydrogen-bond acceptors (Lipinski definition) is 3. The van der Waals surface area contributed by atoms with Crippen LogP contribution in [0.15, 0.2) is 23.4 Å². The minimum Gasteiger partial charge on any atom is -0.477 e. The Morgan fingerprint density at radius 1 is 1.57 bits per heavy atom. The molecule has 2 rings (SSSR count). The number of aromatic carboxylic acids is 1. The second-order valence-electron chi connectivity index (χ2n) is 2.49. The Bertz CT molecular complexity index is 530. The molecule has 0 aromatic carbocycles. The number of nitrogens with zero attached hydrogens (tertiary/aromatic N) is 2. The molecule has 0 aliphatic heterocycles. The summed E-state index contributed by atoms with van der Waals surface area (Å²) in [6.45, 7) is 0. The molecule has 2 N–H and O–H groups in total. The summed E-state index contributed by atoms with van der Waals surface area (Å²) in [6.07, 6.45) is 2.62. The first-order chi connectivity index (χ1) is 6.16. The van der Waals surface area contributed by atoms with Crippen LogP contribution in [0.5, 0.6) is 0 Å². The van der Waals surface area contributed by atoms with E-state index in [0.717, 1.165) is 0 Å². The Labute approximate surface area is 88.0 Å². The van der Waals surface area contributed by atoms with Crippen LogP contribution in [0.1, 0.15) is 10.5 Å². The predicted molar refractivity (Wildman–Crippen MR) is 53.1 cm³/mol. The molecular weight excluding hydrogens is 254 g/mol. The molecule has 0 unspecified atom stereocenters. The summed E-state index contributed by atoms with van der Waals surface area (Å²) >= 11 is 0. The highest BCUT2D eigenvalue weighted by atomic mass is 79.9. The Morgan fingerprint density at radius 3 is 2.93 bits per heavy atom. The van der Waals surface area contributed by atoms with Gasteiger partial charge in [-0.15, -0.1) is 17.0 Å². The number of carbonyl (C=O) groups is 1. The van der Waals surface area contributed by atoms with E-state index in [1.54, 1.807) is 0 Å². The fourth-order valence-electron chi connectivity index (χ4n) is 1.03. The SMILES string of the molecule is Br.O=C(O)c1cn2cnc(=O)cc2[nH]1. The number of imidazole rings is 1. The van der Waals surface area contributed by atoms with Crippen LogP contribution in [0.2, 0.25) is 0 Å². The molecule has 0 bridgehead atoms. The number of aromatic nitrogens is 3. The first-order valence-corrected chi connectivity index (χ1v) is 3.47. The van der Waals surface area contributed by atoms with E-state index in [-0.39, 0.29) is 22.7 Å². The van der Waals surface area contributed by atoms with E-state index in [0.29, 0.717) is 5.65 Å². The van der Waals surface area contributed by atoms with Crippen LogP contribution in [0.4, 0.5) is 0 Å². The van der Waals surface area contributed by atoms with E-state index < -0.39 is 11.5 Å². The van der Waals surface area contributed by atoms with Crippen molar-refractivity contribution in [2.24, 2.45) is 0 Å². The van der Waals surface area contributed by atoms with Gasteiger partial charge in [0.15, 0.2) is 0 Å². The third kappa shape index (κ3) is 1.67. The van der Waals surface area contributed by atoms with Crippen molar-refractivity contribution in [3.8, 4) is 0 Å². The van der Waals surface area contributed by atoms with E-state index in [1.807, 2.05) is 0 Å². The van der Waals surface area contributed by atoms with Gasteiger partial charge < -0.3 is 10.1 Å². The number of halogens is 1. The van der Waals surface area contributed by atoms with E-state index in [2.05, 4.69) is 9.97 Å². The third-order valence-corrected chi connectivity index (χ3v) is 1.61. The molecule has 14 heavy (non-hydrogen) atoms. The van der Waals surface area contributed by atoms with Crippen LogP contribution >= 0.6 is 17.0 Å². The highest BCUT2D eigenvalue weighted by Crippen LogP contribution is 2.00. The molecule has 0 atom stereocenters. The van der Waals surface area contributed by atoms with Crippen molar-refractivity contribution in [3.05, 3.63) is 34.6 Å². The lowest BCUT2D eigenvalue weighted by molar-refractivity contribution is 0.0691. The van der Waals surface area contributed by atoms with Gasteiger partial charge in [-0.05, 0) is 0 Å². The van der Waals surface area contributed by atoms with Gasteiger partial charge in [0.2, 0.25) is 0 Å². The molecule has 0 aliphatic rings. The molecular formula is C7H6BrN3O3. The summed E-state index contributed by atoms with van der Waals surface area (Å²) in [7, 11) is 0. The number of H-pyrrole nitrogens is 1. The minimum atomic E-state index is -1.07. The predicted octanol–water partition coefficient (Wildman–Crippen LogP) is 0.299. The number of carboxylic acid groups (broad SMARTS) is 1. The number of fused-ring (bicyclic) bond motifs is 1. The Balaban J connectivity index is 0.000000980. The molecule has 0 radical (unpaired) electrons. The highest BCUT2D eigenvalue weighted by Gasteiger charge is 2.06. The second-order valence-corrected chi connectivity index (χ2v) is 2.49. The van der Waals surface area contributed by atoms with Crippen molar-refractivity contribution in [1.29, 1.82) is 0 Å². The van der Waals surface area contributed by atoms with Gasteiger partial charge >= 0.3 is 5.97 Å². The van der Waals surface area contributed by atoms with E-state index >= 15 is 0 Å². The lowest BCUT2D eigenvalue weighted by atomic mass is 10.5. The maximum absolute atomic E-state index is 10.8. The number of rotatable bonds is 1. The fraction of sp³-hybridized carbons (Fsp3) is 0. The molecule has 7 heteroatoms. The lowest BCUT2D eigenvalue weighted by Crippen LogP contribution is -2.04. The van der Waals surface area contributed by atoms with E-state index in [4.69, 9.17) is 5.11 Å². The van der Waals surface area contributed by atoms with Gasteiger partial charge in [0.25, 0.3) is 5.56 Å². The zero-order valence-electron chi connectivity index (χ0n) is 6.80. The van der Waals surface area contributed by atoms with Crippen molar-refractivity contribution >= 4 is 28.6 Å². The van der Waals surface area contributed by atoms with Crippen LogP contribution in [-0.2, 0) is 0 Å². The van der Waals surface area contributed by atoms with Crippen LogP contribution in [0, 0.1) is 0 Å². The number of hydrogen-bond donors (Lipinski definition) is 2. The maximum Gasteiger partial charge on any atom is 0.353 e.